The van der Waals surface area contributed by atoms with Gasteiger partial charge in [0, 0.05) is 27.6 Å². The van der Waals surface area contributed by atoms with Crippen molar-refractivity contribution in [1.82, 2.24) is 0 Å². The Balaban J connectivity index is 1.03. The van der Waals surface area contributed by atoms with Gasteiger partial charge in [-0.05, 0) is 152 Å². The molecular formula is C75H65N. The van der Waals surface area contributed by atoms with Gasteiger partial charge in [-0.15, -0.1) is 0 Å². The highest BCUT2D eigenvalue weighted by Crippen LogP contribution is 2.64. The molecule has 14 rings (SSSR count). The summed E-state index contributed by atoms with van der Waals surface area (Å²) in [6.45, 7) is 23.7. The normalized spacial score (nSPS) is 15.3. The molecule has 0 heterocycles. The fourth-order valence-electron chi connectivity index (χ4n) is 14.3. The quantitative estimate of drug-likeness (QED) is 0.166. The van der Waals surface area contributed by atoms with Gasteiger partial charge in [-0.2, -0.15) is 0 Å². The average Bonchev–Trinajstić information content (AvgIpc) is 4.25. The number of fused-ring (bicyclic) bond motifs is 16. The Hall–Kier alpha value is -8.00. The molecule has 0 saturated heterocycles. The van der Waals surface area contributed by atoms with Crippen molar-refractivity contribution in [2.75, 3.05) is 4.90 Å². The van der Waals surface area contributed by atoms with Crippen molar-refractivity contribution in [2.45, 2.75) is 96.3 Å². The number of benzene rings is 10. The van der Waals surface area contributed by atoms with E-state index in [0.29, 0.717) is 0 Å². The van der Waals surface area contributed by atoms with Crippen molar-refractivity contribution in [2.24, 2.45) is 0 Å². The molecular weight excluding hydrogens is 915 g/mol. The Bertz CT molecular complexity index is 4020. The lowest BCUT2D eigenvalue weighted by Crippen LogP contribution is -2.27. The highest BCUT2D eigenvalue weighted by molar-refractivity contribution is 6.02. The number of hydrogen-bond acceptors (Lipinski definition) is 1. The van der Waals surface area contributed by atoms with Crippen LogP contribution in [0.15, 0.2) is 212 Å². The highest BCUT2D eigenvalue weighted by atomic mass is 15.1. The van der Waals surface area contributed by atoms with Crippen LogP contribution in [0.4, 0.5) is 17.1 Å². The summed E-state index contributed by atoms with van der Waals surface area (Å²) in [5.41, 5.74) is 31.6. The van der Waals surface area contributed by atoms with Crippen LogP contribution in [0.25, 0.3) is 66.8 Å². The van der Waals surface area contributed by atoms with E-state index < -0.39 is 5.41 Å². The summed E-state index contributed by atoms with van der Waals surface area (Å²) < 4.78 is 0. The molecule has 0 aliphatic heterocycles. The molecule has 76 heavy (non-hydrogen) atoms. The van der Waals surface area contributed by atoms with Crippen LogP contribution in [-0.4, -0.2) is 0 Å². The Morgan fingerprint density at radius 3 is 1.32 bits per heavy atom. The number of rotatable bonds is 5. The third kappa shape index (κ3) is 6.38. The largest absolute Gasteiger partial charge is 0.309 e. The van der Waals surface area contributed by atoms with Crippen molar-refractivity contribution in [1.29, 1.82) is 0 Å². The Morgan fingerprint density at radius 1 is 0.289 bits per heavy atom. The molecule has 0 saturated carbocycles. The van der Waals surface area contributed by atoms with Crippen molar-refractivity contribution in [3.05, 3.63) is 268 Å². The van der Waals surface area contributed by atoms with Gasteiger partial charge in [0.25, 0.3) is 0 Å². The van der Waals surface area contributed by atoms with Gasteiger partial charge in [-0.3, -0.25) is 0 Å². The molecule has 4 aliphatic carbocycles. The van der Waals surface area contributed by atoms with Gasteiger partial charge in [-0.25, -0.2) is 0 Å². The molecule has 1 spiro atoms. The molecule has 370 valence electrons. The number of nitrogens with zero attached hydrogens (tertiary/aromatic N) is 1. The first-order chi connectivity index (χ1) is 36.5. The van der Waals surface area contributed by atoms with E-state index in [1.807, 2.05) is 0 Å². The van der Waals surface area contributed by atoms with Crippen LogP contribution >= 0.6 is 0 Å². The Kier molecular flexibility index (Phi) is 9.80. The molecule has 0 amide bonds. The minimum Gasteiger partial charge on any atom is -0.309 e. The fraction of sp³-hybridized carbons (Fsp3) is 0.200. The molecule has 1 heteroatoms. The first-order valence-corrected chi connectivity index (χ1v) is 27.5. The fourth-order valence-corrected chi connectivity index (χ4v) is 14.3. The zero-order valence-electron chi connectivity index (χ0n) is 45.7. The molecule has 0 fully saturated rings. The zero-order chi connectivity index (χ0) is 52.3. The van der Waals surface area contributed by atoms with Crippen LogP contribution in [-0.2, 0) is 27.1 Å². The van der Waals surface area contributed by atoms with Crippen molar-refractivity contribution in [3.63, 3.8) is 0 Å². The lowest BCUT2D eigenvalue weighted by molar-refractivity contribution is 0.586. The van der Waals surface area contributed by atoms with E-state index in [2.05, 4.69) is 286 Å². The second-order valence-corrected chi connectivity index (χ2v) is 25.2. The van der Waals surface area contributed by atoms with Crippen LogP contribution in [0, 0.1) is 0 Å². The molecule has 0 radical (unpaired) electrons. The first-order valence-electron chi connectivity index (χ1n) is 27.5. The van der Waals surface area contributed by atoms with Gasteiger partial charge in [0.15, 0.2) is 0 Å². The first kappa shape index (κ1) is 46.5. The van der Waals surface area contributed by atoms with E-state index in [-0.39, 0.29) is 21.7 Å². The third-order valence-corrected chi connectivity index (χ3v) is 18.2. The third-order valence-electron chi connectivity index (χ3n) is 18.2. The number of para-hydroxylation sites is 2. The molecule has 0 aromatic heterocycles. The van der Waals surface area contributed by atoms with E-state index >= 15 is 0 Å². The number of anilines is 3. The van der Waals surface area contributed by atoms with Crippen LogP contribution in [0.5, 0.6) is 0 Å². The smallest absolute Gasteiger partial charge is 0.0725 e. The highest BCUT2D eigenvalue weighted by Gasteiger charge is 2.52. The monoisotopic (exact) mass is 980 g/mol. The predicted octanol–water partition coefficient (Wildman–Crippen LogP) is 20.0. The van der Waals surface area contributed by atoms with E-state index in [9.17, 15) is 0 Å². The summed E-state index contributed by atoms with van der Waals surface area (Å²) in [6.07, 6.45) is 0. The molecule has 0 bridgehead atoms. The summed E-state index contributed by atoms with van der Waals surface area (Å²) in [5.74, 6) is 0. The Morgan fingerprint density at radius 2 is 0.697 bits per heavy atom. The maximum atomic E-state index is 2.58. The van der Waals surface area contributed by atoms with Crippen LogP contribution in [0.2, 0.25) is 0 Å². The number of hydrogen-bond donors (Lipinski definition) is 0. The SMILES string of the molecule is CC(C)(C)c1ccc2c(c1)C1(c3ccccc3-c3ccc(-c4ccccc4N(c4ccc5c(c4)C(C)(C)c4ccccc4-5)c4ccccc4-c4cccc5c4-c4ccccc4C5(C)C)cc31)c1cc(C(C)(C)C)ccc1-2. The van der Waals surface area contributed by atoms with Gasteiger partial charge in [-0.1, -0.05) is 251 Å². The van der Waals surface area contributed by atoms with Crippen LogP contribution in [0.1, 0.15) is 125 Å². The van der Waals surface area contributed by atoms with E-state index in [1.165, 1.54) is 122 Å². The standard InChI is InChI=1S/C75H65N/c1-71(2,3)47-35-39-55-56-40-36-48(72(4,5)6)44-67(56)75(66(55)43-47)62-30-18-12-24-52(62)54-38-34-46(42-65(54)75)50-22-14-19-32-68(50)76(49-37-41-53-51-23-11-16-28-60(51)74(9,10)64(53)45-49)69-33-20-15-25-57(69)58-27-21-31-63-70(58)59-26-13-17-29-61(59)73(63,7)8/h11-45H,1-10H3. The van der Waals surface area contributed by atoms with Gasteiger partial charge in [0.2, 0.25) is 0 Å². The molecule has 10 aromatic rings. The molecule has 4 aliphatic rings. The van der Waals surface area contributed by atoms with Gasteiger partial charge in [0.1, 0.15) is 0 Å². The molecule has 0 atom stereocenters. The molecule has 0 N–H and O–H groups in total. The van der Waals surface area contributed by atoms with E-state index in [0.717, 1.165) is 17.1 Å². The van der Waals surface area contributed by atoms with Gasteiger partial charge in [0.05, 0.1) is 16.8 Å². The zero-order valence-corrected chi connectivity index (χ0v) is 45.7. The summed E-state index contributed by atoms with van der Waals surface area (Å²) in [6, 6.07) is 82.0. The predicted molar refractivity (Wildman–Crippen MR) is 321 cm³/mol. The van der Waals surface area contributed by atoms with Crippen molar-refractivity contribution >= 4 is 17.1 Å². The van der Waals surface area contributed by atoms with Gasteiger partial charge >= 0.3 is 0 Å². The molecule has 0 unspecified atom stereocenters. The topological polar surface area (TPSA) is 3.24 Å². The average molecular weight is 980 g/mol. The maximum absolute atomic E-state index is 2.58. The van der Waals surface area contributed by atoms with Crippen molar-refractivity contribution in [3.8, 4) is 66.8 Å². The van der Waals surface area contributed by atoms with Crippen LogP contribution < -0.4 is 4.90 Å². The second-order valence-electron chi connectivity index (χ2n) is 25.2. The lowest BCUT2D eigenvalue weighted by Gasteiger charge is -2.33. The van der Waals surface area contributed by atoms with E-state index in [1.54, 1.807) is 0 Å². The van der Waals surface area contributed by atoms with Gasteiger partial charge < -0.3 is 4.90 Å². The van der Waals surface area contributed by atoms with Crippen molar-refractivity contribution < 1.29 is 0 Å². The minimum absolute atomic E-state index is 0.0297. The summed E-state index contributed by atoms with van der Waals surface area (Å²) in [4.78, 5) is 2.58. The minimum atomic E-state index is -0.519. The summed E-state index contributed by atoms with van der Waals surface area (Å²) in [5, 5.41) is 0. The summed E-state index contributed by atoms with van der Waals surface area (Å²) >= 11 is 0. The second kappa shape index (κ2) is 16.0. The summed E-state index contributed by atoms with van der Waals surface area (Å²) in [7, 11) is 0. The van der Waals surface area contributed by atoms with Crippen LogP contribution in [0.3, 0.4) is 0 Å². The maximum Gasteiger partial charge on any atom is 0.0725 e. The van der Waals surface area contributed by atoms with E-state index in [4.69, 9.17) is 0 Å². The lowest BCUT2D eigenvalue weighted by atomic mass is 9.68. The Labute approximate surface area is 450 Å². The molecule has 1 nitrogen and oxygen atoms in total. The molecule has 10 aromatic carbocycles.